The van der Waals surface area contributed by atoms with Crippen LogP contribution in [0.25, 0.3) is 0 Å². The molecule has 1 aromatic rings. The topological polar surface area (TPSA) is 22.1 Å². The number of halogens is 1. The third-order valence-electron chi connectivity index (χ3n) is 2.23. The van der Waals surface area contributed by atoms with E-state index in [4.69, 9.17) is 16.3 Å². The van der Waals surface area contributed by atoms with Crippen LogP contribution in [0.1, 0.15) is 30.6 Å². The van der Waals surface area contributed by atoms with Crippen LogP contribution in [0.5, 0.6) is 5.19 Å². The standard InChI is InChI=1S/C9H12ClNOS/c10-5-8-6-11-9(13-8)12-7-3-1-2-4-7/h6-7H,1-5H2. The quantitative estimate of drug-likeness (QED) is 0.726. The minimum absolute atomic E-state index is 0.398. The summed E-state index contributed by atoms with van der Waals surface area (Å²) < 4.78 is 5.71. The molecular weight excluding hydrogens is 206 g/mol. The van der Waals surface area contributed by atoms with E-state index in [1.807, 2.05) is 0 Å². The summed E-state index contributed by atoms with van der Waals surface area (Å²) in [6, 6.07) is 0. The van der Waals surface area contributed by atoms with Gasteiger partial charge >= 0.3 is 0 Å². The van der Waals surface area contributed by atoms with Gasteiger partial charge in [-0.15, -0.1) is 11.6 Å². The van der Waals surface area contributed by atoms with Crippen molar-refractivity contribution in [2.75, 3.05) is 0 Å². The molecule has 1 aliphatic carbocycles. The predicted molar refractivity (Wildman–Crippen MR) is 54.6 cm³/mol. The lowest BCUT2D eigenvalue weighted by atomic mass is 10.3. The van der Waals surface area contributed by atoms with E-state index in [-0.39, 0.29) is 0 Å². The number of hydrogen-bond acceptors (Lipinski definition) is 3. The second-order valence-corrected chi connectivity index (χ2v) is 4.60. The van der Waals surface area contributed by atoms with Crippen molar-refractivity contribution < 1.29 is 4.74 Å². The summed E-state index contributed by atoms with van der Waals surface area (Å²) in [5, 5.41) is 0.780. The average molecular weight is 218 g/mol. The molecule has 0 aromatic carbocycles. The van der Waals surface area contributed by atoms with Gasteiger partial charge < -0.3 is 4.74 Å². The van der Waals surface area contributed by atoms with Crippen molar-refractivity contribution in [1.82, 2.24) is 4.98 Å². The molecule has 0 N–H and O–H groups in total. The molecule has 0 atom stereocenters. The van der Waals surface area contributed by atoms with Crippen LogP contribution in [-0.4, -0.2) is 11.1 Å². The van der Waals surface area contributed by atoms with Gasteiger partial charge in [-0.2, -0.15) is 0 Å². The summed E-state index contributed by atoms with van der Waals surface area (Å²) >= 11 is 7.23. The van der Waals surface area contributed by atoms with Gasteiger partial charge in [-0.25, -0.2) is 4.98 Å². The van der Waals surface area contributed by atoms with E-state index in [1.54, 1.807) is 17.5 Å². The molecule has 0 bridgehead atoms. The van der Waals surface area contributed by atoms with E-state index in [1.165, 1.54) is 25.7 Å². The fraction of sp³-hybridized carbons (Fsp3) is 0.667. The molecule has 2 rings (SSSR count). The van der Waals surface area contributed by atoms with Gasteiger partial charge in [0.1, 0.15) is 6.10 Å². The molecule has 13 heavy (non-hydrogen) atoms. The summed E-state index contributed by atoms with van der Waals surface area (Å²) in [5.41, 5.74) is 0. The molecule has 0 radical (unpaired) electrons. The number of aromatic nitrogens is 1. The third kappa shape index (κ3) is 2.35. The van der Waals surface area contributed by atoms with Crippen molar-refractivity contribution in [1.29, 1.82) is 0 Å². The lowest BCUT2D eigenvalue weighted by molar-refractivity contribution is 0.209. The van der Waals surface area contributed by atoms with Crippen LogP contribution in [0.3, 0.4) is 0 Å². The van der Waals surface area contributed by atoms with Crippen LogP contribution >= 0.6 is 22.9 Å². The third-order valence-corrected chi connectivity index (χ3v) is 3.57. The van der Waals surface area contributed by atoms with Gasteiger partial charge in [0.15, 0.2) is 0 Å². The van der Waals surface area contributed by atoms with Crippen LogP contribution in [0.4, 0.5) is 0 Å². The lowest BCUT2D eigenvalue weighted by Gasteiger charge is -2.08. The largest absolute Gasteiger partial charge is 0.467 e. The van der Waals surface area contributed by atoms with Gasteiger partial charge in [-0.3, -0.25) is 0 Å². The Labute approximate surface area is 86.9 Å². The molecule has 1 heterocycles. The van der Waals surface area contributed by atoms with Crippen molar-refractivity contribution in [3.63, 3.8) is 0 Å². The molecule has 0 unspecified atom stereocenters. The van der Waals surface area contributed by atoms with Crippen LogP contribution in [0.2, 0.25) is 0 Å². The molecule has 0 saturated heterocycles. The first-order chi connectivity index (χ1) is 6.38. The maximum absolute atomic E-state index is 5.71. The minimum Gasteiger partial charge on any atom is -0.467 e. The highest BCUT2D eigenvalue weighted by atomic mass is 35.5. The summed E-state index contributed by atoms with van der Waals surface area (Å²) in [7, 11) is 0. The van der Waals surface area contributed by atoms with Crippen molar-refractivity contribution >= 4 is 22.9 Å². The SMILES string of the molecule is ClCc1cnc(OC2CCCC2)s1. The highest BCUT2D eigenvalue weighted by Gasteiger charge is 2.17. The highest BCUT2D eigenvalue weighted by molar-refractivity contribution is 7.13. The van der Waals surface area contributed by atoms with Crippen LogP contribution < -0.4 is 4.74 Å². The molecule has 1 aliphatic rings. The van der Waals surface area contributed by atoms with Crippen molar-refractivity contribution in [3.05, 3.63) is 11.1 Å². The van der Waals surface area contributed by atoms with Crippen LogP contribution in [0.15, 0.2) is 6.20 Å². The molecule has 4 heteroatoms. The molecule has 0 spiro atoms. The van der Waals surface area contributed by atoms with Crippen molar-refractivity contribution in [3.8, 4) is 5.19 Å². The smallest absolute Gasteiger partial charge is 0.273 e. The Morgan fingerprint density at radius 3 is 2.92 bits per heavy atom. The number of rotatable bonds is 3. The Kier molecular flexibility index (Phi) is 3.06. The van der Waals surface area contributed by atoms with Gasteiger partial charge in [-0.1, -0.05) is 11.3 Å². The number of thiazole rings is 1. The Bertz CT molecular complexity index is 270. The fourth-order valence-corrected chi connectivity index (χ4v) is 2.46. The maximum Gasteiger partial charge on any atom is 0.273 e. The van der Waals surface area contributed by atoms with Crippen LogP contribution in [0, 0.1) is 0 Å². The van der Waals surface area contributed by atoms with Gasteiger partial charge in [-0.05, 0) is 25.7 Å². The highest BCUT2D eigenvalue weighted by Crippen LogP contribution is 2.27. The van der Waals surface area contributed by atoms with E-state index < -0.39 is 0 Å². The Morgan fingerprint density at radius 2 is 2.31 bits per heavy atom. The lowest BCUT2D eigenvalue weighted by Crippen LogP contribution is -2.10. The molecule has 2 nitrogen and oxygen atoms in total. The zero-order valence-corrected chi connectivity index (χ0v) is 8.90. The van der Waals surface area contributed by atoms with Gasteiger partial charge in [0.25, 0.3) is 5.19 Å². The molecule has 0 amide bonds. The number of hydrogen-bond donors (Lipinski definition) is 0. The van der Waals surface area contributed by atoms with E-state index in [0.29, 0.717) is 12.0 Å². The van der Waals surface area contributed by atoms with Gasteiger partial charge in [0, 0.05) is 11.1 Å². The first-order valence-corrected chi connectivity index (χ1v) is 5.91. The molecule has 1 saturated carbocycles. The molecular formula is C9H12ClNOS. The normalized spacial score (nSPS) is 17.9. The minimum atomic E-state index is 0.398. The molecule has 1 aromatic heterocycles. The summed E-state index contributed by atoms with van der Waals surface area (Å²) in [4.78, 5) is 5.24. The molecule has 1 fully saturated rings. The van der Waals surface area contributed by atoms with Gasteiger partial charge in [0.2, 0.25) is 0 Å². The molecule has 72 valence electrons. The first kappa shape index (κ1) is 9.28. The number of nitrogens with zero attached hydrogens (tertiary/aromatic N) is 1. The van der Waals surface area contributed by atoms with E-state index in [0.717, 1.165) is 10.1 Å². The Hall–Kier alpha value is -0.280. The van der Waals surface area contributed by atoms with E-state index in [2.05, 4.69) is 4.98 Å². The number of ether oxygens (including phenoxy) is 1. The zero-order valence-electron chi connectivity index (χ0n) is 7.33. The summed E-state index contributed by atoms with van der Waals surface area (Å²) in [6.07, 6.45) is 7.12. The summed E-state index contributed by atoms with van der Waals surface area (Å²) in [5.74, 6) is 0.533. The maximum atomic E-state index is 5.71. The van der Waals surface area contributed by atoms with E-state index >= 15 is 0 Å². The van der Waals surface area contributed by atoms with Crippen molar-refractivity contribution in [2.24, 2.45) is 0 Å². The van der Waals surface area contributed by atoms with Gasteiger partial charge in [0.05, 0.1) is 5.88 Å². The number of alkyl halides is 1. The fourth-order valence-electron chi connectivity index (χ4n) is 1.55. The first-order valence-electron chi connectivity index (χ1n) is 4.56. The summed E-state index contributed by atoms with van der Waals surface area (Å²) in [6.45, 7) is 0. The average Bonchev–Trinajstić information content (AvgIpc) is 2.76. The Morgan fingerprint density at radius 1 is 1.54 bits per heavy atom. The predicted octanol–water partition coefficient (Wildman–Crippen LogP) is 3.20. The van der Waals surface area contributed by atoms with Crippen LogP contribution in [-0.2, 0) is 5.88 Å². The molecule has 0 aliphatic heterocycles. The second kappa shape index (κ2) is 4.29. The monoisotopic (exact) mass is 217 g/mol. The van der Waals surface area contributed by atoms with E-state index in [9.17, 15) is 0 Å². The second-order valence-electron chi connectivity index (χ2n) is 3.25. The zero-order chi connectivity index (χ0) is 9.10. The Balaban J connectivity index is 1.92. The van der Waals surface area contributed by atoms with Crippen molar-refractivity contribution in [2.45, 2.75) is 37.7 Å².